The van der Waals surface area contributed by atoms with Gasteiger partial charge in [-0.1, -0.05) is 80.9 Å². The van der Waals surface area contributed by atoms with E-state index in [1.54, 1.807) is 5.57 Å². The van der Waals surface area contributed by atoms with Gasteiger partial charge in [-0.25, -0.2) is 0 Å². The van der Waals surface area contributed by atoms with Crippen molar-refractivity contribution in [3.05, 3.63) is 77.4 Å². The molecule has 3 aromatic rings. The van der Waals surface area contributed by atoms with Gasteiger partial charge in [0.2, 0.25) is 0 Å². The highest BCUT2D eigenvalue weighted by atomic mass is 14.3. The molecule has 0 N–H and O–H groups in total. The molecule has 0 spiro atoms. The average molecular weight is 312 g/mol. The summed E-state index contributed by atoms with van der Waals surface area (Å²) >= 11 is 0. The first-order valence-electron chi connectivity index (χ1n) is 8.77. The van der Waals surface area contributed by atoms with E-state index in [4.69, 9.17) is 0 Å². The molecule has 0 saturated carbocycles. The van der Waals surface area contributed by atoms with Gasteiger partial charge < -0.3 is 0 Å². The Morgan fingerprint density at radius 2 is 1.54 bits per heavy atom. The molecule has 0 saturated heterocycles. The standard InChI is InChI=1S/C24H24/c1-16-22(24(2,3)4)15-20-10-7-11-21(23(16)20)19-13-12-17-8-5-6-9-18(17)14-19/h5-14H,15H2,1-4H3. The van der Waals surface area contributed by atoms with Crippen LogP contribution < -0.4 is 0 Å². The Kier molecular flexibility index (Phi) is 3.38. The summed E-state index contributed by atoms with van der Waals surface area (Å²) in [6, 6.07) is 22.2. The first-order valence-corrected chi connectivity index (χ1v) is 8.77. The van der Waals surface area contributed by atoms with E-state index in [0.29, 0.717) is 0 Å². The number of hydrogen-bond acceptors (Lipinski definition) is 0. The molecular formula is C24H24. The highest BCUT2D eigenvalue weighted by Crippen LogP contribution is 2.45. The van der Waals surface area contributed by atoms with Crippen molar-refractivity contribution in [2.75, 3.05) is 0 Å². The van der Waals surface area contributed by atoms with E-state index < -0.39 is 0 Å². The summed E-state index contributed by atoms with van der Waals surface area (Å²) in [7, 11) is 0. The Labute approximate surface area is 144 Å². The van der Waals surface area contributed by atoms with Gasteiger partial charge in [0.1, 0.15) is 0 Å². The summed E-state index contributed by atoms with van der Waals surface area (Å²) in [5.74, 6) is 0. The second-order valence-corrected chi connectivity index (χ2v) is 7.93. The van der Waals surface area contributed by atoms with Crippen LogP contribution in [0.25, 0.3) is 27.5 Å². The summed E-state index contributed by atoms with van der Waals surface area (Å²) in [4.78, 5) is 0. The summed E-state index contributed by atoms with van der Waals surface area (Å²) in [5, 5.41) is 2.61. The maximum atomic E-state index is 2.33. The Morgan fingerprint density at radius 1 is 0.792 bits per heavy atom. The second kappa shape index (κ2) is 5.34. The van der Waals surface area contributed by atoms with E-state index in [1.807, 2.05) is 0 Å². The molecule has 0 atom stereocenters. The Hall–Kier alpha value is -2.34. The minimum Gasteiger partial charge on any atom is -0.0616 e. The van der Waals surface area contributed by atoms with Gasteiger partial charge in [-0.15, -0.1) is 0 Å². The molecule has 1 aliphatic rings. The first-order chi connectivity index (χ1) is 11.4. The molecule has 3 aromatic carbocycles. The third kappa shape index (κ3) is 2.38. The van der Waals surface area contributed by atoms with Crippen LogP contribution in [0.15, 0.2) is 66.2 Å². The summed E-state index contributed by atoms with van der Waals surface area (Å²) in [6.07, 6.45) is 1.09. The van der Waals surface area contributed by atoms with Crippen molar-refractivity contribution >= 4 is 16.3 Å². The fourth-order valence-corrected chi connectivity index (χ4v) is 4.09. The molecule has 0 radical (unpaired) electrons. The molecule has 0 heterocycles. The molecule has 0 bridgehead atoms. The van der Waals surface area contributed by atoms with Crippen LogP contribution in [0.3, 0.4) is 0 Å². The predicted molar refractivity (Wildman–Crippen MR) is 105 cm³/mol. The van der Waals surface area contributed by atoms with Gasteiger partial charge >= 0.3 is 0 Å². The Morgan fingerprint density at radius 3 is 2.29 bits per heavy atom. The molecule has 0 fully saturated rings. The largest absolute Gasteiger partial charge is 0.0616 e. The number of rotatable bonds is 1. The van der Waals surface area contributed by atoms with Gasteiger partial charge in [-0.2, -0.15) is 0 Å². The SMILES string of the molecule is CC1=C(C(C)(C)C)Cc2cccc(-c3ccc4ccccc4c3)c21. The van der Waals surface area contributed by atoms with Crippen molar-refractivity contribution in [3.8, 4) is 11.1 Å². The fourth-order valence-electron chi connectivity index (χ4n) is 4.09. The Balaban J connectivity index is 1.92. The smallest absolute Gasteiger partial charge is 0.00496 e. The monoisotopic (exact) mass is 312 g/mol. The molecular weight excluding hydrogens is 288 g/mol. The van der Waals surface area contributed by atoms with Crippen LogP contribution in [0.4, 0.5) is 0 Å². The zero-order valence-electron chi connectivity index (χ0n) is 15.0. The highest BCUT2D eigenvalue weighted by molar-refractivity contribution is 5.92. The number of benzene rings is 3. The van der Waals surface area contributed by atoms with Crippen molar-refractivity contribution in [3.63, 3.8) is 0 Å². The van der Waals surface area contributed by atoms with Gasteiger partial charge in [0.25, 0.3) is 0 Å². The van der Waals surface area contributed by atoms with Crippen LogP contribution in [-0.2, 0) is 6.42 Å². The minimum absolute atomic E-state index is 0.226. The average Bonchev–Trinajstić information content (AvgIpc) is 2.92. The molecule has 0 aliphatic heterocycles. The van der Waals surface area contributed by atoms with Gasteiger partial charge in [0, 0.05) is 0 Å². The van der Waals surface area contributed by atoms with Crippen molar-refractivity contribution < 1.29 is 0 Å². The fraction of sp³-hybridized carbons (Fsp3) is 0.250. The lowest BCUT2D eigenvalue weighted by atomic mass is 9.83. The number of allylic oxidation sites excluding steroid dienone is 2. The third-order valence-corrected chi connectivity index (χ3v) is 5.31. The van der Waals surface area contributed by atoms with Gasteiger partial charge in [-0.05, 0) is 63.4 Å². The lowest BCUT2D eigenvalue weighted by Gasteiger charge is -2.22. The maximum absolute atomic E-state index is 2.33. The molecule has 0 unspecified atom stereocenters. The van der Waals surface area contributed by atoms with Crippen molar-refractivity contribution in [2.45, 2.75) is 34.1 Å². The highest BCUT2D eigenvalue weighted by Gasteiger charge is 2.28. The quantitative estimate of drug-likeness (QED) is 0.459. The predicted octanol–water partition coefficient (Wildman–Crippen LogP) is 6.88. The lowest BCUT2D eigenvalue weighted by Crippen LogP contribution is -2.09. The van der Waals surface area contributed by atoms with Crippen LogP contribution in [0.1, 0.15) is 38.8 Å². The summed E-state index contributed by atoms with van der Waals surface area (Å²) in [6.45, 7) is 9.28. The Bertz CT molecular complexity index is 965. The van der Waals surface area contributed by atoms with Crippen molar-refractivity contribution in [1.29, 1.82) is 0 Å². The number of hydrogen-bond donors (Lipinski definition) is 0. The zero-order valence-corrected chi connectivity index (χ0v) is 15.0. The van der Waals surface area contributed by atoms with Gasteiger partial charge in [0.05, 0.1) is 0 Å². The molecule has 0 nitrogen and oxygen atoms in total. The van der Waals surface area contributed by atoms with E-state index in [9.17, 15) is 0 Å². The van der Waals surface area contributed by atoms with Gasteiger partial charge in [0.15, 0.2) is 0 Å². The molecule has 120 valence electrons. The summed E-state index contributed by atoms with van der Waals surface area (Å²) < 4.78 is 0. The van der Waals surface area contributed by atoms with E-state index in [-0.39, 0.29) is 5.41 Å². The lowest BCUT2D eigenvalue weighted by molar-refractivity contribution is 0.496. The minimum atomic E-state index is 0.226. The summed E-state index contributed by atoms with van der Waals surface area (Å²) in [5.41, 5.74) is 8.90. The van der Waals surface area contributed by atoms with Crippen LogP contribution in [0.5, 0.6) is 0 Å². The third-order valence-electron chi connectivity index (χ3n) is 5.31. The van der Waals surface area contributed by atoms with Crippen LogP contribution in [0, 0.1) is 5.41 Å². The molecule has 24 heavy (non-hydrogen) atoms. The molecule has 4 rings (SSSR count). The molecule has 1 aliphatic carbocycles. The first kappa shape index (κ1) is 15.2. The topological polar surface area (TPSA) is 0 Å². The molecule has 0 aromatic heterocycles. The molecule has 0 heteroatoms. The second-order valence-electron chi connectivity index (χ2n) is 7.93. The van der Waals surface area contributed by atoms with E-state index >= 15 is 0 Å². The maximum Gasteiger partial charge on any atom is -0.00496 e. The van der Waals surface area contributed by atoms with Crippen LogP contribution >= 0.6 is 0 Å². The zero-order chi connectivity index (χ0) is 16.9. The van der Waals surface area contributed by atoms with E-state index in [1.165, 1.54) is 38.6 Å². The van der Waals surface area contributed by atoms with Crippen LogP contribution in [-0.4, -0.2) is 0 Å². The molecule has 0 amide bonds. The van der Waals surface area contributed by atoms with Gasteiger partial charge in [-0.3, -0.25) is 0 Å². The van der Waals surface area contributed by atoms with E-state index in [0.717, 1.165) is 6.42 Å². The number of fused-ring (bicyclic) bond motifs is 2. The van der Waals surface area contributed by atoms with Crippen molar-refractivity contribution in [2.24, 2.45) is 5.41 Å². The van der Waals surface area contributed by atoms with Crippen molar-refractivity contribution in [1.82, 2.24) is 0 Å². The van der Waals surface area contributed by atoms with E-state index in [2.05, 4.69) is 88.4 Å². The normalized spacial score (nSPS) is 14.3. The van der Waals surface area contributed by atoms with Crippen LogP contribution in [0.2, 0.25) is 0 Å².